The third-order valence-corrected chi connectivity index (χ3v) is 6.15. The second kappa shape index (κ2) is 7.11. The first-order valence-electron chi connectivity index (χ1n) is 10.9. The van der Waals surface area contributed by atoms with Crippen molar-refractivity contribution in [2.24, 2.45) is 0 Å². The number of fused-ring (bicyclic) bond motifs is 5. The van der Waals surface area contributed by atoms with Crippen LogP contribution in [0.15, 0.2) is 91.3 Å². The van der Waals surface area contributed by atoms with Gasteiger partial charge in [0, 0.05) is 22.9 Å². The molecule has 0 saturated carbocycles. The maximum absolute atomic E-state index is 10.0. The summed E-state index contributed by atoms with van der Waals surface area (Å²) in [7, 11) is 0. The number of ether oxygens (including phenoxy) is 1. The Bertz CT molecular complexity index is 1710. The molecule has 1 aliphatic heterocycles. The predicted octanol–water partition coefficient (Wildman–Crippen LogP) is 5.33. The minimum atomic E-state index is -0.182. The smallest absolute Gasteiger partial charge is 0.228 e. The van der Waals surface area contributed by atoms with Gasteiger partial charge in [0.05, 0.1) is 11.1 Å². The Hall–Kier alpha value is -4.78. The molecule has 0 saturated heterocycles. The highest BCUT2D eigenvalue weighted by Gasteiger charge is 2.33. The van der Waals surface area contributed by atoms with Gasteiger partial charge in [0.15, 0.2) is 5.65 Å². The fourth-order valence-electron chi connectivity index (χ4n) is 4.59. The Balaban J connectivity index is 1.46. The van der Waals surface area contributed by atoms with E-state index in [1.54, 1.807) is 23.0 Å². The number of aromatic hydroxyl groups is 1. The average molecular weight is 443 g/mol. The first kappa shape index (κ1) is 18.8. The Kier molecular flexibility index (Phi) is 3.92. The average Bonchev–Trinajstić information content (AvgIpc) is 3.32. The van der Waals surface area contributed by atoms with Gasteiger partial charge in [-0.05, 0) is 23.8 Å². The standard InChI is InChI=1S/C27H17N5O2/c33-18-11-12-19-22(14-18)34-27-24(23(19)17-7-2-1-3-8-17)26-30-25(31-32(26)15-28-27)21-13-10-16-6-4-5-9-20(16)29-21/h1-15,23,33H/t23-/m0/s1. The summed E-state index contributed by atoms with van der Waals surface area (Å²) in [6.45, 7) is 0. The summed E-state index contributed by atoms with van der Waals surface area (Å²) in [4.78, 5) is 14.2. The number of hydrogen-bond donors (Lipinski definition) is 1. The van der Waals surface area contributed by atoms with Crippen LogP contribution in [0.4, 0.5) is 0 Å². The molecular weight excluding hydrogens is 426 g/mol. The van der Waals surface area contributed by atoms with E-state index in [0.29, 0.717) is 28.8 Å². The number of nitrogens with zero attached hydrogens (tertiary/aromatic N) is 5. The van der Waals surface area contributed by atoms with Crippen LogP contribution in [-0.2, 0) is 0 Å². The molecule has 1 atom stereocenters. The molecule has 1 aliphatic rings. The lowest BCUT2D eigenvalue weighted by molar-refractivity contribution is 0.422. The highest BCUT2D eigenvalue weighted by atomic mass is 16.5. The molecule has 7 heteroatoms. The first-order chi connectivity index (χ1) is 16.7. The number of pyridine rings is 1. The van der Waals surface area contributed by atoms with Crippen LogP contribution in [-0.4, -0.2) is 29.7 Å². The van der Waals surface area contributed by atoms with Crippen LogP contribution in [0.2, 0.25) is 0 Å². The topological polar surface area (TPSA) is 85.4 Å². The SMILES string of the molecule is Oc1ccc2c(c1)Oc1ncn3nc(-c4ccc5ccccc5n4)nc3c1[C@H]2c1ccccc1. The maximum Gasteiger partial charge on any atom is 0.228 e. The van der Waals surface area contributed by atoms with E-state index >= 15 is 0 Å². The molecule has 3 aromatic carbocycles. The van der Waals surface area contributed by atoms with Crippen LogP contribution < -0.4 is 4.74 Å². The third kappa shape index (κ3) is 2.84. The summed E-state index contributed by atoms with van der Waals surface area (Å²) >= 11 is 0. The maximum atomic E-state index is 10.0. The van der Waals surface area contributed by atoms with Crippen LogP contribution in [0.5, 0.6) is 17.4 Å². The van der Waals surface area contributed by atoms with Crippen LogP contribution in [0, 0.1) is 0 Å². The van der Waals surface area contributed by atoms with E-state index in [1.165, 1.54) is 0 Å². The van der Waals surface area contributed by atoms with Crippen LogP contribution in [0.1, 0.15) is 22.6 Å². The lowest BCUT2D eigenvalue weighted by Gasteiger charge is -2.27. The quantitative estimate of drug-likeness (QED) is 0.389. The molecule has 162 valence electrons. The van der Waals surface area contributed by atoms with E-state index in [1.807, 2.05) is 60.7 Å². The highest BCUT2D eigenvalue weighted by Crippen LogP contribution is 2.48. The summed E-state index contributed by atoms with van der Waals surface area (Å²) < 4.78 is 7.80. The number of rotatable bonds is 2. The van der Waals surface area contributed by atoms with Gasteiger partial charge in [-0.3, -0.25) is 0 Å². The van der Waals surface area contributed by atoms with Gasteiger partial charge in [-0.15, -0.1) is 5.10 Å². The van der Waals surface area contributed by atoms with Crippen molar-refractivity contribution in [2.45, 2.75) is 5.92 Å². The van der Waals surface area contributed by atoms with Gasteiger partial charge >= 0.3 is 0 Å². The molecule has 6 aromatic rings. The summed E-state index contributed by atoms with van der Waals surface area (Å²) in [5, 5.41) is 15.8. The molecule has 0 spiro atoms. The Morgan fingerprint density at radius 2 is 1.71 bits per heavy atom. The largest absolute Gasteiger partial charge is 0.508 e. The lowest BCUT2D eigenvalue weighted by atomic mass is 9.84. The van der Waals surface area contributed by atoms with Crippen LogP contribution in [0.3, 0.4) is 0 Å². The fourth-order valence-corrected chi connectivity index (χ4v) is 4.59. The second-order valence-electron chi connectivity index (χ2n) is 8.22. The highest BCUT2D eigenvalue weighted by molar-refractivity contribution is 5.81. The molecule has 0 unspecified atom stereocenters. The molecule has 0 aliphatic carbocycles. The molecule has 0 bridgehead atoms. The van der Waals surface area contributed by atoms with Gasteiger partial charge in [-0.25, -0.2) is 19.5 Å². The van der Waals surface area contributed by atoms with E-state index in [9.17, 15) is 5.11 Å². The Morgan fingerprint density at radius 3 is 2.62 bits per heavy atom. The minimum Gasteiger partial charge on any atom is -0.508 e. The number of phenolic OH excluding ortho intramolecular Hbond substituents is 1. The first-order valence-corrected chi connectivity index (χ1v) is 10.9. The fraction of sp³-hybridized carbons (Fsp3) is 0.0370. The number of para-hydroxylation sites is 1. The summed E-state index contributed by atoms with van der Waals surface area (Å²) in [6.07, 6.45) is 1.60. The lowest BCUT2D eigenvalue weighted by Crippen LogP contribution is -2.14. The van der Waals surface area contributed by atoms with Gasteiger partial charge in [-0.1, -0.05) is 60.7 Å². The van der Waals surface area contributed by atoms with Crippen LogP contribution >= 0.6 is 0 Å². The van der Waals surface area contributed by atoms with E-state index in [-0.39, 0.29) is 11.7 Å². The van der Waals surface area contributed by atoms with Gasteiger partial charge in [-0.2, -0.15) is 0 Å². The molecule has 7 rings (SSSR count). The zero-order chi connectivity index (χ0) is 22.6. The molecule has 4 heterocycles. The number of phenols is 1. The van der Waals surface area contributed by atoms with Crippen LogP contribution in [0.25, 0.3) is 28.1 Å². The molecular formula is C27H17N5O2. The summed E-state index contributed by atoms with van der Waals surface area (Å²) in [6, 6.07) is 27.2. The number of hydrogen-bond acceptors (Lipinski definition) is 6. The second-order valence-corrected chi connectivity index (χ2v) is 8.22. The molecule has 7 nitrogen and oxygen atoms in total. The van der Waals surface area contributed by atoms with Gasteiger partial charge < -0.3 is 9.84 Å². The van der Waals surface area contributed by atoms with E-state index < -0.39 is 0 Å². The number of aromatic nitrogens is 5. The monoisotopic (exact) mass is 443 g/mol. The van der Waals surface area contributed by atoms with Crippen molar-refractivity contribution in [3.05, 3.63) is 108 Å². The molecule has 0 radical (unpaired) electrons. The molecule has 1 N–H and O–H groups in total. The van der Waals surface area contributed by atoms with Gasteiger partial charge in [0.25, 0.3) is 0 Å². The minimum absolute atomic E-state index is 0.141. The van der Waals surface area contributed by atoms with Crippen molar-refractivity contribution in [1.82, 2.24) is 24.6 Å². The molecule has 3 aromatic heterocycles. The van der Waals surface area contributed by atoms with Crippen molar-refractivity contribution in [2.75, 3.05) is 0 Å². The molecule has 34 heavy (non-hydrogen) atoms. The van der Waals surface area contributed by atoms with Gasteiger partial charge in [0.2, 0.25) is 11.7 Å². The van der Waals surface area contributed by atoms with Gasteiger partial charge in [0.1, 0.15) is 23.5 Å². The predicted molar refractivity (Wildman–Crippen MR) is 127 cm³/mol. The summed E-state index contributed by atoms with van der Waals surface area (Å²) in [5.41, 5.74) is 5.06. The zero-order valence-corrected chi connectivity index (χ0v) is 17.8. The van der Waals surface area contributed by atoms with E-state index in [4.69, 9.17) is 14.7 Å². The van der Waals surface area contributed by atoms with Crippen molar-refractivity contribution in [1.29, 1.82) is 0 Å². The van der Waals surface area contributed by atoms with Crippen molar-refractivity contribution in [3.63, 3.8) is 0 Å². The Morgan fingerprint density at radius 1 is 0.853 bits per heavy atom. The van der Waals surface area contributed by atoms with Crippen molar-refractivity contribution < 1.29 is 9.84 Å². The third-order valence-electron chi connectivity index (χ3n) is 6.15. The number of benzene rings is 3. The van der Waals surface area contributed by atoms with E-state index in [0.717, 1.165) is 27.6 Å². The molecule has 0 fully saturated rings. The summed E-state index contributed by atoms with van der Waals surface area (Å²) in [5.74, 6) is 1.50. The van der Waals surface area contributed by atoms with Crippen molar-refractivity contribution in [3.8, 4) is 28.9 Å². The van der Waals surface area contributed by atoms with Crippen molar-refractivity contribution >= 4 is 16.6 Å². The normalized spacial score (nSPS) is 14.5. The Labute approximate surface area is 194 Å². The van der Waals surface area contributed by atoms with E-state index in [2.05, 4.69) is 22.2 Å². The zero-order valence-electron chi connectivity index (χ0n) is 17.8. The molecule has 0 amide bonds.